The lowest BCUT2D eigenvalue weighted by atomic mass is 10.1. The second-order valence-corrected chi connectivity index (χ2v) is 6.11. The number of hydrogen-bond acceptors (Lipinski definition) is 4. The fourth-order valence-electron chi connectivity index (χ4n) is 3.16. The third-order valence-corrected chi connectivity index (χ3v) is 4.58. The fraction of sp³-hybridized carbons (Fsp3) is 0.588. The highest BCUT2D eigenvalue weighted by Crippen LogP contribution is 2.18. The monoisotopic (exact) mass is 304 g/mol. The molecule has 0 bridgehead atoms. The highest BCUT2D eigenvalue weighted by molar-refractivity contribution is 5.79. The number of ether oxygens (including phenoxy) is 1. The smallest absolute Gasteiger partial charge is 0.228 e. The van der Waals surface area contributed by atoms with E-state index in [0.29, 0.717) is 19.8 Å². The molecule has 0 radical (unpaired) electrons. The molecule has 0 saturated carbocycles. The zero-order chi connectivity index (χ0) is 15.4. The van der Waals surface area contributed by atoms with Crippen LogP contribution in [-0.4, -0.2) is 66.8 Å². The molecule has 5 nitrogen and oxygen atoms in total. The quantitative estimate of drug-likeness (QED) is 0.898. The first-order chi connectivity index (χ1) is 10.7. The van der Waals surface area contributed by atoms with E-state index < -0.39 is 6.10 Å². The summed E-state index contributed by atoms with van der Waals surface area (Å²) in [5.41, 5.74) is 0.948. The zero-order valence-corrected chi connectivity index (χ0v) is 12.9. The van der Waals surface area contributed by atoms with Gasteiger partial charge in [0.15, 0.2) is 0 Å². The number of nitrogens with zero attached hydrogens (tertiary/aromatic N) is 2. The average molecular weight is 304 g/mol. The third-order valence-electron chi connectivity index (χ3n) is 4.58. The number of β-amino-alcohol motifs (C(OH)–C–C–N with tert-alkyl or cyclic N) is 1. The molecule has 1 aromatic carbocycles. The number of piperazine rings is 1. The van der Waals surface area contributed by atoms with Crippen molar-refractivity contribution in [2.75, 3.05) is 45.9 Å². The molecule has 0 aromatic heterocycles. The van der Waals surface area contributed by atoms with Crippen LogP contribution in [0.1, 0.15) is 18.1 Å². The summed E-state index contributed by atoms with van der Waals surface area (Å²) < 4.78 is 5.30. The minimum absolute atomic E-state index is 0.0569. The van der Waals surface area contributed by atoms with E-state index in [1.54, 1.807) is 0 Å². The Morgan fingerprint density at radius 1 is 1.23 bits per heavy atom. The van der Waals surface area contributed by atoms with Crippen molar-refractivity contribution < 1.29 is 14.6 Å². The Kier molecular flexibility index (Phi) is 5.08. The van der Waals surface area contributed by atoms with Crippen LogP contribution in [0.4, 0.5) is 0 Å². The van der Waals surface area contributed by atoms with Crippen molar-refractivity contribution in [2.24, 2.45) is 5.92 Å². The fourth-order valence-corrected chi connectivity index (χ4v) is 3.16. The lowest BCUT2D eigenvalue weighted by molar-refractivity contribution is -0.137. The second-order valence-electron chi connectivity index (χ2n) is 6.11. The Bertz CT molecular complexity index is 480. The van der Waals surface area contributed by atoms with Gasteiger partial charge in [-0.05, 0) is 12.0 Å². The number of hydrogen-bond donors (Lipinski definition) is 1. The highest BCUT2D eigenvalue weighted by Gasteiger charge is 2.30. The summed E-state index contributed by atoms with van der Waals surface area (Å²) >= 11 is 0. The minimum Gasteiger partial charge on any atom is -0.387 e. The molecule has 1 amide bonds. The van der Waals surface area contributed by atoms with Crippen molar-refractivity contribution in [3.8, 4) is 0 Å². The molecule has 22 heavy (non-hydrogen) atoms. The van der Waals surface area contributed by atoms with Gasteiger partial charge in [0.1, 0.15) is 0 Å². The molecule has 3 rings (SSSR count). The van der Waals surface area contributed by atoms with Crippen LogP contribution in [0.25, 0.3) is 0 Å². The maximum Gasteiger partial charge on any atom is 0.228 e. The molecule has 0 aliphatic carbocycles. The first-order valence-corrected chi connectivity index (χ1v) is 8.06. The van der Waals surface area contributed by atoms with Crippen LogP contribution in [0.3, 0.4) is 0 Å². The molecule has 1 aromatic rings. The number of amides is 1. The van der Waals surface area contributed by atoms with E-state index in [4.69, 9.17) is 4.74 Å². The molecule has 1 N–H and O–H groups in total. The maximum absolute atomic E-state index is 12.3. The van der Waals surface area contributed by atoms with Gasteiger partial charge >= 0.3 is 0 Å². The van der Waals surface area contributed by atoms with Gasteiger partial charge in [-0.25, -0.2) is 0 Å². The predicted octanol–water partition coefficient (Wildman–Crippen LogP) is 0.901. The Hall–Kier alpha value is -1.43. The summed E-state index contributed by atoms with van der Waals surface area (Å²) in [6.45, 7) is 5.05. The van der Waals surface area contributed by atoms with Gasteiger partial charge in [-0.15, -0.1) is 0 Å². The standard InChI is InChI=1S/C17H24N2O3/c20-16(14-4-2-1-3-5-14)12-18-7-9-19(10-8-18)17(21)15-6-11-22-13-15/h1-5,15-16,20H,6-13H2/t15-,16+/m1/s1. The van der Waals surface area contributed by atoms with Gasteiger partial charge in [0, 0.05) is 39.3 Å². The van der Waals surface area contributed by atoms with E-state index in [2.05, 4.69) is 4.90 Å². The number of aliphatic hydroxyl groups excluding tert-OH is 1. The number of aliphatic hydroxyl groups is 1. The van der Waals surface area contributed by atoms with Crippen LogP contribution >= 0.6 is 0 Å². The van der Waals surface area contributed by atoms with Gasteiger partial charge < -0.3 is 14.7 Å². The van der Waals surface area contributed by atoms with Crippen molar-refractivity contribution in [3.05, 3.63) is 35.9 Å². The van der Waals surface area contributed by atoms with Gasteiger partial charge in [0.25, 0.3) is 0 Å². The molecular formula is C17H24N2O3. The van der Waals surface area contributed by atoms with E-state index in [1.165, 1.54) is 0 Å². The predicted molar refractivity (Wildman–Crippen MR) is 83.3 cm³/mol. The van der Waals surface area contributed by atoms with Crippen molar-refractivity contribution in [3.63, 3.8) is 0 Å². The van der Waals surface area contributed by atoms with Crippen LogP contribution in [0.15, 0.2) is 30.3 Å². The first-order valence-electron chi connectivity index (χ1n) is 8.06. The van der Waals surface area contributed by atoms with E-state index in [9.17, 15) is 9.90 Å². The lowest BCUT2D eigenvalue weighted by Crippen LogP contribution is -2.51. The van der Waals surface area contributed by atoms with Crippen molar-refractivity contribution in [2.45, 2.75) is 12.5 Å². The summed E-state index contributed by atoms with van der Waals surface area (Å²) in [5.74, 6) is 0.294. The zero-order valence-electron chi connectivity index (χ0n) is 12.9. The second kappa shape index (κ2) is 7.22. The van der Waals surface area contributed by atoms with Crippen LogP contribution in [0, 0.1) is 5.92 Å². The van der Waals surface area contributed by atoms with Crippen LogP contribution in [0.2, 0.25) is 0 Å². The summed E-state index contributed by atoms with van der Waals surface area (Å²) in [6.07, 6.45) is 0.387. The maximum atomic E-state index is 12.3. The Balaban J connectivity index is 1.46. The highest BCUT2D eigenvalue weighted by atomic mass is 16.5. The minimum atomic E-state index is -0.466. The summed E-state index contributed by atoms with van der Waals surface area (Å²) in [4.78, 5) is 16.5. The summed E-state index contributed by atoms with van der Waals surface area (Å²) in [5, 5.41) is 10.3. The molecule has 2 saturated heterocycles. The Labute approximate surface area is 131 Å². The number of carbonyl (C=O) groups is 1. The third kappa shape index (κ3) is 3.66. The molecule has 2 aliphatic rings. The molecular weight excluding hydrogens is 280 g/mol. The van der Waals surface area contributed by atoms with Crippen molar-refractivity contribution in [1.82, 2.24) is 9.80 Å². The van der Waals surface area contributed by atoms with Crippen LogP contribution in [-0.2, 0) is 9.53 Å². The Morgan fingerprint density at radius 3 is 2.59 bits per heavy atom. The van der Waals surface area contributed by atoms with E-state index in [-0.39, 0.29) is 11.8 Å². The molecule has 0 spiro atoms. The number of carbonyl (C=O) groups excluding carboxylic acids is 1. The van der Waals surface area contributed by atoms with E-state index >= 15 is 0 Å². The average Bonchev–Trinajstić information content (AvgIpc) is 3.10. The number of benzene rings is 1. The molecule has 2 aliphatic heterocycles. The Morgan fingerprint density at radius 2 is 1.95 bits per heavy atom. The lowest BCUT2D eigenvalue weighted by Gasteiger charge is -2.36. The number of rotatable bonds is 4. The van der Waals surface area contributed by atoms with Crippen LogP contribution < -0.4 is 0 Å². The SMILES string of the molecule is O=C([C@@H]1CCOC1)N1CCN(C[C@H](O)c2ccccc2)CC1. The molecule has 5 heteroatoms. The molecule has 0 unspecified atom stereocenters. The molecule has 2 heterocycles. The van der Waals surface area contributed by atoms with E-state index in [1.807, 2.05) is 35.2 Å². The van der Waals surface area contributed by atoms with Gasteiger partial charge in [0.2, 0.25) is 5.91 Å². The van der Waals surface area contributed by atoms with Gasteiger partial charge in [-0.1, -0.05) is 30.3 Å². The van der Waals surface area contributed by atoms with Crippen molar-refractivity contribution >= 4 is 5.91 Å². The normalized spacial score (nSPS) is 24.4. The van der Waals surface area contributed by atoms with E-state index in [0.717, 1.165) is 38.2 Å². The van der Waals surface area contributed by atoms with Crippen LogP contribution in [0.5, 0.6) is 0 Å². The molecule has 2 atom stereocenters. The summed E-state index contributed by atoms with van der Waals surface area (Å²) in [6, 6.07) is 9.74. The first kappa shape index (κ1) is 15.5. The topological polar surface area (TPSA) is 53.0 Å². The largest absolute Gasteiger partial charge is 0.387 e. The molecule has 120 valence electrons. The molecule has 2 fully saturated rings. The van der Waals surface area contributed by atoms with Gasteiger partial charge in [-0.2, -0.15) is 0 Å². The van der Waals surface area contributed by atoms with Gasteiger partial charge in [-0.3, -0.25) is 9.69 Å². The summed E-state index contributed by atoms with van der Waals surface area (Å²) in [7, 11) is 0. The van der Waals surface area contributed by atoms with Gasteiger partial charge in [0.05, 0.1) is 18.6 Å². The van der Waals surface area contributed by atoms with Crippen molar-refractivity contribution in [1.29, 1.82) is 0 Å².